The van der Waals surface area contributed by atoms with E-state index in [2.05, 4.69) is 5.32 Å². The molecular formula is C20H13F2N3O3S. The number of carbonyl (C=O) groups excluding carboxylic acids is 1. The zero-order valence-electron chi connectivity index (χ0n) is 14.8. The molecular weight excluding hydrogens is 400 g/mol. The molecule has 1 N–H and O–H groups in total. The van der Waals surface area contributed by atoms with Crippen LogP contribution in [-0.2, 0) is 14.8 Å². The lowest BCUT2D eigenvalue weighted by Gasteiger charge is -2.20. The van der Waals surface area contributed by atoms with Gasteiger partial charge in [0.1, 0.15) is 24.2 Å². The third kappa shape index (κ3) is 3.07. The van der Waals surface area contributed by atoms with Crippen LogP contribution in [-0.4, -0.2) is 20.9 Å². The molecule has 0 aromatic heterocycles. The highest BCUT2D eigenvalue weighted by molar-refractivity contribution is 7.93. The molecule has 29 heavy (non-hydrogen) atoms. The summed E-state index contributed by atoms with van der Waals surface area (Å²) in [5.41, 5.74) is 0.145. The fourth-order valence-electron chi connectivity index (χ4n) is 3.38. The van der Waals surface area contributed by atoms with Crippen molar-refractivity contribution >= 4 is 32.4 Å². The molecule has 146 valence electrons. The van der Waals surface area contributed by atoms with Crippen molar-refractivity contribution in [3.05, 3.63) is 71.8 Å². The van der Waals surface area contributed by atoms with Gasteiger partial charge in [-0.25, -0.2) is 17.2 Å². The summed E-state index contributed by atoms with van der Waals surface area (Å²) in [4.78, 5) is 12.6. The van der Waals surface area contributed by atoms with Crippen molar-refractivity contribution in [3.63, 3.8) is 0 Å². The fourth-order valence-corrected chi connectivity index (χ4v) is 5.05. The van der Waals surface area contributed by atoms with E-state index < -0.39 is 40.2 Å². The summed E-state index contributed by atoms with van der Waals surface area (Å²) >= 11 is 0. The van der Waals surface area contributed by atoms with Crippen LogP contribution in [0.1, 0.15) is 11.6 Å². The van der Waals surface area contributed by atoms with Crippen LogP contribution < -0.4 is 9.62 Å². The standard InChI is InChI=1S/C20H13F2N3O3S/c21-13-7-8-14(15(22)9-13)16(10-23)24-19(26)11-25-17-5-1-3-12-4-2-6-18(20(12)17)29(25,27)28/h1-9,16H,11H2,(H,24,26). The number of hydrogen-bond donors (Lipinski definition) is 1. The molecule has 0 aliphatic carbocycles. The lowest BCUT2D eigenvalue weighted by atomic mass is 10.1. The lowest BCUT2D eigenvalue weighted by Crippen LogP contribution is -2.40. The minimum Gasteiger partial charge on any atom is -0.335 e. The van der Waals surface area contributed by atoms with Crippen LogP contribution in [0.3, 0.4) is 0 Å². The first-order valence-electron chi connectivity index (χ1n) is 8.51. The Morgan fingerprint density at radius 2 is 1.86 bits per heavy atom. The first kappa shape index (κ1) is 18.8. The van der Waals surface area contributed by atoms with E-state index in [-0.39, 0.29) is 10.5 Å². The van der Waals surface area contributed by atoms with E-state index in [1.54, 1.807) is 36.4 Å². The van der Waals surface area contributed by atoms with E-state index in [9.17, 15) is 27.3 Å². The predicted octanol–water partition coefficient (Wildman–Crippen LogP) is 3.01. The number of carbonyl (C=O) groups is 1. The van der Waals surface area contributed by atoms with E-state index in [1.807, 2.05) is 0 Å². The molecule has 0 saturated carbocycles. The Kier molecular flexibility index (Phi) is 4.43. The van der Waals surface area contributed by atoms with Crippen molar-refractivity contribution in [2.45, 2.75) is 10.9 Å². The Bertz CT molecular complexity index is 1300. The van der Waals surface area contributed by atoms with Crippen molar-refractivity contribution in [1.82, 2.24) is 5.32 Å². The van der Waals surface area contributed by atoms with Gasteiger partial charge in [0, 0.05) is 17.0 Å². The molecule has 0 fully saturated rings. The fraction of sp³-hybridized carbons (Fsp3) is 0.100. The summed E-state index contributed by atoms with van der Waals surface area (Å²) in [7, 11) is -3.95. The maximum absolute atomic E-state index is 13.9. The average molecular weight is 413 g/mol. The number of benzene rings is 3. The second kappa shape index (κ2) is 6.83. The van der Waals surface area contributed by atoms with Crippen LogP contribution in [0.25, 0.3) is 10.8 Å². The van der Waals surface area contributed by atoms with Gasteiger partial charge in [-0.2, -0.15) is 5.26 Å². The number of nitriles is 1. The average Bonchev–Trinajstić information content (AvgIpc) is 2.90. The molecule has 0 radical (unpaired) electrons. The predicted molar refractivity (Wildman–Crippen MR) is 101 cm³/mol. The van der Waals surface area contributed by atoms with Crippen LogP contribution in [0.4, 0.5) is 14.5 Å². The van der Waals surface area contributed by atoms with Crippen molar-refractivity contribution in [2.24, 2.45) is 0 Å². The van der Waals surface area contributed by atoms with Crippen molar-refractivity contribution in [2.75, 3.05) is 10.8 Å². The highest BCUT2D eigenvalue weighted by atomic mass is 32.2. The molecule has 6 nitrogen and oxygen atoms in total. The maximum atomic E-state index is 13.9. The number of anilines is 1. The zero-order chi connectivity index (χ0) is 20.8. The van der Waals surface area contributed by atoms with Gasteiger partial charge in [0.25, 0.3) is 10.0 Å². The largest absolute Gasteiger partial charge is 0.335 e. The highest BCUT2D eigenvalue weighted by Crippen LogP contribution is 2.41. The molecule has 1 heterocycles. The summed E-state index contributed by atoms with van der Waals surface area (Å²) in [5, 5.41) is 12.8. The number of sulfonamides is 1. The number of nitrogens with zero attached hydrogens (tertiary/aromatic N) is 2. The lowest BCUT2D eigenvalue weighted by molar-refractivity contribution is -0.120. The number of amides is 1. The Balaban J connectivity index is 1.62. The molecule has 1 amide bonds. The second-order valence-corrected chi connectivity index (χ2v) is 8.27. The van der Waals surface area contributed by atoms with Gasteiger partial charge in [0.15, 0.2) is 0 Å². The smallest absolute Gasteiger partial charge is 0.265 e. The van der Waals surface area contributed by atoms with Gasteiger partial charge in [-0.3, -0.25) is 9.10 Å². The third-order valence-electron chi connectivity index (χ3n) is 4.68. The van der Waals surface area contributed by atoms with Gasteiger partial charge in [-0.15, -0.1) is 0 Å². The van der Waals surface area contributed by atoms with Crippen LogP contribution in [0.15, 0.2) is 59.5 Å². The minimum absolute atomic E-state index is 0.0970. The quantitative estimate of drug-likeness (QED) is 0.712. The van der Waals surface area contributed by atoms with Crippen molar-refractivity contribution in [3.8, 4) is 6.07 Å². The SMILES string of the molecule is N#CC(NC(=O)CN1c2cccc3cccc(c23)S1(=O)=O)c1ccc(F)cc1F. The number of halogens is 2. The maximum Gasteiger partial charge on any atom is 0.265 e. The summed E-state index contributed by atoms with van der Waals surface area (Å²) in [5.74, 6) is -2.60. The van der Waals surface area contributed by atoms with Crippen molar-refractivity contribution < 1.29 is 22.0 Å². The van der Waals surface area contributed by atoms with Crippen LogP contribution in [0.5, 0.6) is 0 Å². The number of nitrogens with one attached hydrogen (secondary N) is 1. The first-order valence-corrected chi connectivity index (χ1v) is 9.95. The Morgan fingerprint density at radius 1 is 1.14 bits per heavy atom. The number of rotatable bonds is 4. The molecule has 0 bridgehead atoms. The van der Waals surface area contributed by atoms with Crippen LogP contribution >= 0.6 is 0 Å². The monoisotopic (exact) mass is 413 g/mol. The van der Waals surface area contributed by atoms with Gasteiger partial charge in [-0.05, 0) is 23.6 Å². The molecule has 4 rings (SSSR count). The molecule has 3 aromatic rings. The first-order chi connectivity index (χ1) is 13.8. The third-order valence-corrected chi connectivity index (χ3v) is 6.48. The van der Waals surface area contributed by atoms with Gasteiger partial charge in [-0.1, -0.05) is 30.3 Å². The zero-order valence-corrected chi connectivity index (χ0v) is 15.6. The Labute approximate surface area is 165 Å². The Morgan fingerprint density at radius 3 is 2.55 bits per heavy atom. The molecule has 1 atom stereocenters. The van der Waals surface area contributed by atoms with Crippen molar-refractivity contribution in [1.29, 1.82) is 5.26 Å². The molecule has 3 aromatic carbocycles. The summed E-state index contributed by atoms with van der Waals surface area (Å²) < 4.78 is 53.8. The molecule has 0 saturated heterocycles. The van der Waals surface area contributed by atoms with Gasteiger partial charge < -0.3 is 5.32 Å². The number of hydrogen-bond acceptors (Lipinski definition) is 4. The molecule has 9 heteroatoms. The summed E-state index contributed by atoms with van der Waals surface area (Å²) in [6.45, 7) is -0.586. The normalized spacial score (nSPS) is 15.1. The summed E-state index contributed by atoms with van der Waals surface area (Å²) in [6.07, 6.45) is 0. The van der Waals surface area contributed by atoms with Gasteiger partial charge >= 0.3 is 0 Å². The topological polar surface area (TPSA) is 90.3 Å². The van der Waals surface area contributed by atoms with E-state index >= 15 is 0 Å². The van der Waals surface area contributed by atoms with E-state index in [1.165, 1.54) is 6.07 Å². The van der Waals surface area contributed by atoms with E-state index in [0.29, 0.717) is 17.1 Å². The molecule has 1 aliphatic heterocycles. The summed E-state index contributed by atoms with van der Waals surface area (Å²) in [6, 6.07) is 12.8. The molecule has 1 unspecified atom stereocenters. The highest BCUT2D eigenvalue weighted by Gasteiger charge is 2.37. The molecule has 1 aliphatic rings. The van der Waals surface area contributed by atoms with Gasteiger partial charge in [0.2, 0.25) is 5.91 Å². The second-order valence-electron chi connectivity index (χ2n) is 6.44. The van der Waals surface area contributed by atoms with Crippen LogP contribution in [0.2, 0.25) is 0 Å². The van der Waals surface area contributed by atoms with E-state index in [0.717, 1.165) is 21.8 Å². The van der Waals surface area contributed by atoms with E-state index in [4.69, 9.17) is 0 Å². The Hall–Kier alpha value is -3.51. The van der Waals surface area contributed by atoms with Crippen LogP contribution in [0, 0.1) is 23.0 Å². The molecule has 0 spiro atoms. The van der Waals surface area contributed by atoms with Gasteiger partial charge in [0.05, 0.1) is 16.7 Å². The minimum atomic E-state index is -3.95.